The summed E-state index contributed by atoms with van der Waals surface area (Å²) in [4.78, 5) is 0. The van der Waals surface area contributed by atoms with E-state index in [1.165, 1.54) is 22.3 Å². The molecular formula is C18H22O2. The number of benzene rings is 2. The number of hydrogen-bond donors (Lipinski definition) is 2. The van der Waals surface area contributed by atoms with Gasteiger partial charge in [0, 0.05) is 13.2 Å². The van der Waals surface area contributed by atoms with E-state index in [2.05, 4.69) is 49.4 Å². The molecule has 0 fully saturated rings. The normalized spacial score (nSPS) is 10.8. The minimum Gasteiger partial charge on any atom is -0.396 e. The molecule has 0 heterocycles. The van der Waals surface area contributed by atoms with Crippen LogP contribution in [0.15, 0.2) is 42.5 Å². The van der Waals surface area contributed by atoms with E-state index in [1.807, 2.05) is 0 Å². The minimum atomic E-state index is 0.170. The molecule has 0 aliphatic heterocycles. The van der Waals surface area contributed by atoms with Crippen LogP contribution >= 0.6 is 0 Å². The molecule has 0 aliphatic rings. The lowest BCUT2D eigenvalue weighted by Gasteiger charge is -2.12. The fourth-order valence-electron chi connectivity index (χ4n) is 2.42. The standard InChI is InChI=1S/C18H22O2/c1-14-4-7-16(8-5-14)18-9-6-15(10-12-20)13-17(18)3-2-11-19/h4-9,13,19-20H,2-3,10-12H2,1H3. The Balaban J connectivity index is 2.36. The Hall–Kier alpha value is -1.64. The molecule has 2 aromatic rings. The molecule has 0 unspecified atom stereocenters. The van der Waals surface area contributed by atoms with Crippen LogP contribution in [0.2, 0.25) is 0 Å². The molecule has 20 heavy (non-hydrogen) atoms. The van der Waals surface area contributed by atoms with Gasteiger partial charge in [0.2, 0.25) is 0 Å². The van der Waals surface area contributed by atoms with Gasteiger partial charge in [-0.25, -0.2) is 0 Å². The second-order valence-electron chi connectivity index (χ2n) is 5.16. The van der Waals surface area contributed by atoms with E-state index in [0.29, 0.717) is 6.42 Å². The van der Waals surface area contributed by atoms with Crippen molar-refractivity contribution in [2.75, 3.05) is 13.2 Å². The summed E-state index contributed by atoms with van der Waals surface area (Å²) >= 11 is 0. The van der Waals surface area contributed by atoms with Gasteiger partial charge < -0.3 is 10.2 Å². The van der Waals surface area contributed by atoms with Crippen molar-refractivity contribution in [1.29, 1.82) is 0 Å². The summed E-state index contributed by atoms with van der Waals surface area (Å²) in [6.45, 7) is 2.46. The molecular weight excluding hydrogens is 248 g/mol. The van der Waals surface area contributed by atoms with Gasteiger partial charge in [0.1, 0.15) is 0 Å². The van der Waals surface area contributed by atoms with E-state index in [9.17, 15) is 0 Å². The predicted molar refractivity (Wildman–Crippen MR) is 82.8 cm³/mol. The summed E-state index contributed by atoms with van der Waals surface area (Å²) < 4.78 is 0. The molecule has 0 saturated heterocycles. The van der Waals surface area contributed by atoms with Gasteiger partial charge in [-0.15, -0.1) is 0 Å². The average Bonchev–Trinajstić information content (AvgIpc) is 2.47. The Morgan fingerprint density at radius 3 is 2.25 bits per heavy atom. The van der Waals surface area contributed by atoms with Crippen molar-refractivity contribution < 1.29 is 10.2 Å². The Bertz CT molecular complexity index is 544. The van der Waals surface area contributed by atoms with Crippen molar-refractivity contribution in [2.45, 2.75) is 26.2 Å². The molecule has 0 spiro atoms. The molecule has 2 aromatic carbocycles. The van der Waals surface area contributed by atoms with E-state index in [-0.39, 0.29) is 13.2 Å². The number of aliphatic hydroxyl groups excluding tert-OH is 2. The molecule has 0 radical (unpaired) electrons. The zero-order valence-corrected chi connectivity index (χ0v) is 12.0. The summed E-state index contributed by atoms with van der Waals surface area (Å²) in [5.74, 6) is 0. The van der Waals surface area contributed by atoms with Crippen LogP contribution in [0.1, 0.15) is 23.1 Å². The summed E-state index contributed by atoms with van der Waals surface area (Å²) in [6.07, 6.45) is 2.31. The van der Waals surface area contributed by atoms with E-state index >= 15 is 0 Å². The molecule has 2 nitrogen and oxygen atoms in total. The maximum Gasteiger partial charge on any atom is 0.0471 e. The molecule has 2 rings (SSSR count). The highest BCUT2D eigenvalue weighted by Gasteiger charge is 2.06. The van der Waals surface area contributed by atoms with Crippen molar-refractivity contribution in [2.24, 2.45) is 0 Å². The average molecular weight is 270 g/mol. The Labute approximate surface area is 120 Å². The predicted octanol–water partition coefficient (Wildman–Crippen LogP) is 3.12. The number of aryl methyl sites for hydroxylation is 2. The van der Waals surface area contributed by atoms with E-state index < -0.39 is 0 Å². The lowest BCUT2D eigenvalue weighted by atomic mass is 9.93. The smallest absolute Gasteiger partial charge is 0.0471 e. The highest BCUT2D eigenvalue weighted by Crippen LogP contribution is 2.26. The van der Waals surface area contributed by atoms with Crippen molar-refractivity contribution in [3.63, 3.8) is 0 Å². The first-order valence-corrected chi connectivity index (χ1v) is 7.15. The number of aliphatic hydroxyl groups is 2. The fourth-order valence-corrected chi connectivity index (χ4v) is 2.42. The van der Waals surface area contributed by atoms with Gasteiger partial charge in [-0.1, -0.05) is 48.0 Å². The first-order chi connectivity index (χ1) is 9.74. The maximum atomic E-state index is 9.06. The lowest BCUT2D eigenvalue weighted by Crippen LogP contribution is -1.97. The van der Waals surface area contributed by atoms with Gasteiger partial charge in [0.15, 0.2) is 0 Å². The lowest BCUT2D eigenvalue weighted by molar-refractivity contribution is 0.288. The first kappa shape index (κ1) is 14.8. The van der Waals surface area contributed by atoms with Crippen LogP contribution in [0.5, 0.6) is 0 Å². The Kier molecular flexibility index (Phi) is 5.33. The second-order valence-corrected chi connectivity index (χ2v) is 5.16. The third-order valence-corrected chi connectivity index (χ3v) is 3.54. The van der Waals surface area contributed by atoms with Crippen molar-refractivity contribution in [1.82, 2.24) is 0 Å². The zero-order valence-electron chi connectivity index (χ0n) is 12.0. The van der Waals surface area contributed by atoms with Crippen molar-refractivity contribution in [3.8, 4) is 11.1 Å². The van der Waals surface area contributed by atoms with Gasteiger partial charge in [-0.2, -0.15) is 0 Å². The third-order valence-electron chi connectivity index (χ3n) is 3.54. The summed E-state index contributed by atoms with van der Waals surface area (Å²) in [7, 11) is 0. The van der Waals surface area contributed by atoms with Gasteiger partial charge >= 0.3 is 0 Å². The van der Waals surface area contributed by atoms with Crippen molar-refractivity contribution in [3.05, 3.63) is 59.2 Å². The van der Waals surface area contributed by atoms with Crippen LogP contribution in [0.4, 0.5) is 0 Å². The van der Waals surface area contributed by atoms with Crippen LogP contribution in [0.25, 0.3) is 11.1 Å². The molecule has 0 saturated carbocycles. The molecule has 0 atom stereocenters. The quantitative estimate of drug-likeness (QED) is 0.846. The highest BCUT2D eigenvalue weighted by molar-refractivity contribution is 5.68. The maximum absolute atomic E-state index is 9.06. The molecule has 0 aromatic heterocycles. The Morgan fingerprint density at radius 1 is 0.850 bits per heavy atom. The first-order valence-electron chi connectivity index (χ1n) is 7.15. The van der Waals surface area contributed by atoms with Crippen LogP contribution in [0, 0.1) is 6.92 Å². The van der Waals surface area contributed by atoms with Crippen molar-refractivity contribution >= 4 is 0 Å². The molecule has 106 valence electrons. The molecule has 2 N–H and O–H groups in total. The SMILES string of the molecule is Cc1ccc(-c2ccc(CCO)cc2CCCO)cc1. The van der Waals surface area contributed by atoms with Crippen LogP contribution in [-0.4, -0.2) is 23.4 Å². The number of hydrogen-bond acceptors (Lipinski definition) is 2. The molecule has 0 aliphatic carbocycles. The third kappa shape index (κ3) is 3.69. The highest BCUT2D eigenvalue weighted by atomic mass is 16.3. The van der Waals surface area contributed by atoms with Gasteiger partial charge in [-0.3, -0.25) is 0 Å². The van der Waals surface area contributed by atoms with Crippen LogP contribution in [-0.2, 0) is 12.8 Å². The van der Waals surface area contributed by atoms with Gasteiger partial charge in [0.25, 0.3) is 0 Å². The van der Waals surface area contributed by atoms with E-state index in [4.69, 9.17) is 10.2 Å². The Morgan fingerprint density at radius 2 is 1.60 bits per heavy atom. The van der Waals surface area contributed by atoms with Gasteiger partial charge in [-0.05, 0) is 48.4 Å². The van der Waals surface area contributed by atoms with Crippen LogP contribution in [0.3, 0.4) is 0 Å². The second kappa shape index (κ2) is 7.22. The summed E-state index contributed by atoms with van der Waals surface area (Å²) in [6, 6.07) is 14.9. The fraction of sp³-hybridized carbons (Fsp3) is 0.333. The zero-order chi connectivity index (χ0) is 14.4. The largest absolute Gasteiger partial charge is 0.396 e. The van der Waals surface area contributed by atoms with Crippen LogP contribution < -0.4 is 0 Å². The minimum absolute atomic E-state index is 0.170. The molecule has 0 bridgehead atoms. The van der Waals surface area contributed by atoms with Gasteiger partial charge in [0.05, 0.1) is 0 Å². The molecule has 2 heteroatoms. The summed E-state index contributed by atoms with van der Waals surface area (Å²) in [5, 5.41) is 18.1. The topological polar surface area (TPSA) is 40.5 Å². The molecule has 0 amide bonds. The van der Waals surface area contributed by atoms with E-state index in [0.717, 1.165) is 18.4 Å². The monoisotopic (exact) mass is 270 g/mol. The summed E-state index contributed by atoms with van der Waals surface area (Å²) in [5.41, 5.74) is 6.08. The number of rotatable bonds is 6. The van der Waals surface area contributed by atoms with E-state index in [1.54, 1.807) is 0 Å².